The van der Waals surface area contributed by atoms with Crippen molar-refractivity contribution in [3.8, 4) is 5.75 Å². The fourth-order valence-electron chi connectivity index (χ4n) is 2.11. The van der Waals surface area contributed by atoms with E-state index in [4.69, 9.17) is 16.3 Å². The Morgan fingerprint density at radius 3 is 2.54 bits per heavy atom. The van der Waals surface area contributed by atoms with E-state index in [0.29, 0.717) is 22.0 Å². The summed E-state index contributed by atoms with van der Waals surface area (Å²) in [4.78, 5) is 22.6. The average molecular weight is 353 g/mol. The molecule has 0 aliphatic heterocycles. The molecule has 0 radical (unpaired) electrons. The predicted octanol–water partition coefficient (Wildman–Crippen LogP) is 4.27. The number of benzene rings is 2. The van der Waals surface area contributed by atoms with Crippen LogP contribution in [0.3, 0.4) is 0 Å². The van der Waals surface area contributed by atoms with E-state index in [1.165, 1.54) is 20.1 Å². The van der Waals surface area contributed by atoms with E-state index >= 15 is 0 Å². The molecule has 1 N–H and O–H groups in total. The van der Waals surface area contributed by atoms with E-state index < -0.39 is 22.3 Å². The first-order chi connectivity index (χ1) is 11.2. The summed E-state index contributed by atoms with van der Waals surface area (Å²) in [6.07, 6.45) is 0. The lowest BCUT2D eigenvalue weighted by Gasteiger charge is -2.12. The maximum absolute atomic E-state index is 13.8. The number of aryl methyl sites for hydroxylation is 1. The fraction of sp³-hybridized carbons (Fsp3) is 0.188. The molecule has 0 unspecified atom stereocenters. The van der Waals surface area contributed by atoms with Crippen LogP contribution in [0.5, 0.6) is 5.75 Å². The van der Waals surface area contributed by atoms with Crippen LogP contribution in [-0.2, 0) is 0 Å². The predicted molar refractivity (Wildman–Crippen MR) is 88.5 cm³/mol. The van der Waals surface area contributed by atoms with Crippen LogP contribution in [0.15, 0.2) is 24.3 Å². The number of nitrogens with zero attached hydrogens (tertiary/aromatic N) is 1. The molecule has 0 fully saturated rings. The Labute approximate surface area is 142 Å². The molecule has 0 atom stereocenters. The second kappa shape index (κ2) is 6.84. The molecule has 0 aliphatic carbocycles. The third-order valence-electron chi connectivity index (χ3n) is 3.50. The Morgan fingerprint density at radius 1 is 1.29 bits per heavy atom. The van der Waals surface area contributed by atoms with Crippen molar-refractivity contribution >= 4 is 28.9 Å². The summed E-state index contributed by atoms with van der Waals surface area (Å²) >= 11 is 5.99. The van der Waals surface area contributed by atoms with Gasteiger partial charge in [0.2, 0.25) is 0 Å². The molecule has 0 bridgehead atoms. The normalized spacial score (nSPS) is 10.4. The van der Waals surface area contributed by atoms with Crippen LogP contribution in [0.2, 0.25) is 5.02 Å². The van der Waals surface area contributed by atoms with Gasteiger partial charge in [-0.15, -0.1) is 0 Å². The molecule has 0 heterocycles. The number of nitrogens with one attached hydrogen (secondary N) is 1. The van der Waals surface area contributed by atoms with Crippen LogP contribution in [0, 0.1) is 29.8 Å². The Balaban J connectivity index is 2.41. The van der Waals surface area contributed by atoms with Crippen molar-refractivity contribution in [2.75, 3.05) is 12.4 Å². The molecule has 24 heavy (non-hydrogen) atoms. The van der Waals surface area contributed by atoms with Crippen LogP contribution in [0.25, 0.3) is 0 Å². The van der Waals surface area contributed by atoms with Gasteiger partial charge in [-0.2, -0.15) is 0 Å². The SMILES string of the molecule is COc1cc(Cl)c(C)cc1NC(=O)c1cc(F)c(C)c([N+](=O)[O-])c1. The number of nitro benzene ring substituents is 1. The van der Waals surface area contributed by atoms with E-state index in [9.17, 15) is 19.3 Å². The number of ether oxygens (including phenoxy) is 1. The Morgan fingerprint density at radius 2 is 1.96 bits per heavy atom. The number of anilines is 1. The zero-order valence-corrected chi connectivity index (χ0v) is 13.9. The van der Waals surface area contributed by atoms with Crippen molar-refractivity contribution in [3.05, 3.63) is 61.9 Å². The molecule has 0 saturated carbocycles. The Hall–Kier alpha value is -2.67. The van der Waals surface area contributed by atoms with E-state index in [-0.39, 0.29) is 11.1 Å². The highest BCUT2D eigenvalue weighted by Crippen LogP contribution is 2.31. The van der Waals surface area contributed by atoms with E-state index in [1.807, 2.05) is 0 Å². The molecule has 2 aromatic carbocycles. The van der Waals surface area contributed by atoms with Crippen LogP contribution in [0.4, 0.5) is 15.8 Å². The largest absolute Gasteiger partial charge is 0.495 e. The lowest BCUT2D eigenvalue weighted by Crippen LogP contribution is -2.14. The zero-order chi connectivity index (χ0) is 18.0. The van der Waals surface area contributed by atoms with Crippen LogP contribution >= 0.6 is 11.6 Å². The van der Waals surface area contributed by atoms with Gasteiger partial charge in [-0.1, -0.05) is 11.6 Å². The monoisotopic (exact) mass is 352 g/mol. The van der Waals surface area contributed by atoms with E-state index in [0.717, 1.165) is 12.1 Å². The van der Waals surface area contributed by atoms with Gasteiger partial charge in [0.15, 0.2) is 0 Å². The van der Waals surface area contributed by atoms with Crippen molar-refractivity contribution in [1.29, 1.82) is 0 Å². The zero-order valence-electron chi connectivity index (χ0n) is 13.1. The maximum atomic E-state index is 13.8. The van der Waals surface area contributed by atoms with Crippen molar-refractivity contribution < 1.29 is 18.8 Å². The number of carbonyl (C=O) groups is 1. The minimum absolute atomic E-state index is 0.128. The number of halogens is 2. The lowest BCUT2D eigenvalue weighted by molar-refractivity contribution is -0.385. The number of hydrogen-bond acceptors (Lipinski definition) is 4. The molecule has 8 heteroatoms. The summed E-state index contributed by atoms with van der Waals surface area (Å²) in [5.41, 5.74) is 0.275. The number of amides is 1. The van der Waals surface area contributed by atoms with Crippen LogP contribution < -0.4 is 10.1 Å². The van der Waals surface area contributed by atoms with Gasteiger partial charge >= 0.3 is 0 Å². The molecule has 0 spiro atoms. The summed E-state index contributed by atoms with van der Waals surface area (Å²) in [7, 11) is 1.41. The first kappa shape index (κ1) is 17.7. The van der Waals surface area contributed by atoms with Crippen molar-refractivity contribution in [3.63, 3.8) is 0 Å². The number of nitro groups is 1. The molecule has 0 aliphatic rings. The van der Waals surface area contributed by atoms with Gasteiger partial charge in [0.05, 0.1) is 23.3 Å². The molecule has 1 amide bonds. The minimum atomic E-state index is -0.825. The second-order valence-electron chi connectivity index (χ2n) is 5.12. The molecule has 126 valence electrons. The average Bonchev–Trinajstić information content (AvgIpc) is 2.52. The lowest BCUT2D eigenvalue weighted by atomic mass is 10.1. The molecule has 6 nitrogen and oxygen atoms in total. The van der Waals surface area contributed by atoms with Gasteiger partial charge in [0, 0.05) is 22.7 Å². The molecule has 2 rings (SSSR count). The summed E-state index contributed by atoms with van der Waals surface area (Å²) < 4.78 is 19.0. The highest BCUT2D eigenvalue weighted by atomic mass is 35.5. The second-order valence-corrected chi connectivity index (χ2v) is 5.52. The summed E-state index contributed by atoms with van der Waals surface area (Å²) in [5.74, 6) is -1.20. The highest BCUT2D eigenvalue weighted by Gasteiger charge is 2.20. The highest BCUT2D eigenvalue weighted by molar-refractivity contribution is 6.31. The third kappa shape index (κ3) is 3.46. The minimum Gasteiger partial charge on any atom is -0.495 e. The number of methoxy groups -OCH3 is 1. The van der Waals surface area contributed by atoms with Gasteiger partial charge < -0.3 is 10.1 Å². The van der Waals surface area contributed by atoms with Crippen molar-refractivity contribution in [1.82, 2.24) is 0 Å². The first-order valence-electron chi connectivity index (χ1n) is 6.84. The van der Waals surface area contributed by atoms with Gasteiger partial charge in [-0.05, 0) is 31.5 Å². The van der Waals surface area contributed by atoms with Crippen LogP contribution in [0.1, 0.15) is 21.5 Å². The Kier molecular flexibility index (Phi) is 5.04. The number of hydrogen-bond donors (Lipinski definition) is 1. The van der Waals surface area contributed by atoms with Gasteiger partial charge in [0.1, 0.15) is 11.6 Å². The van der Waals surface area contributed by atoms with E-state index in [2.05, 4.69) is 5.32 Å². The van der Waals surface area contributed by atoms with Crippen molar-refractivity contribution in [2.45, 2.75) is 13.8 Å². The van der Waals surface area contributed by atoms with Crippen molar-refractivity contribution in [2.24, 2.45) is 0 Å². The molecule has 2 aromatic rings. The van der Waals surface area contributed by atoms with Gasteiger partial charge in [0.25, 0.3) is 11.6 Å². The number of carbonyl (C=O) groups excluding carboxylic acids is 1. The Bertz CT molecular complexity index is 839. The summed E-state index contributed by atoms with van der Waals surface area (Å²) in [6.45, 7) is 3.02. The topological polar surface area (TPSA) is 81.5 Å². The van der Waals surface area contributed by atoms with E-state index in [1.54, 1.807) is 13.0 Å². The third-order valence-corrected chi connectivity index (χ3v) is 3.91. The molecule has 0 saturated heterocycles. The van der Waals surface area contributed by atoms with Crippen LogP contribution in [-0.4, -0.2) is 17.9 Å². The maximum Gasteiger partial charge on any atom is 0.276 e. The fourth-order valence-corrected chi connectivity index (χ4v) is 2.26. The smallest absolute Gasteiger partial charge is 0.276 e. The standard InChI is InChI=1S/C16H14ClFN2O4/c1-8-4-13(15(24-3)7-11(8)17)19-16(21)10-5-12(18)9(2)14(6-10)20(22)23/h4-7H,1-3H3,(H,19,21). The summed E-state index contributed by atoms with van der Waals surface area (Å²) in [6, 6.07) is 5.11. The first-order valence-corrected chi connectivity index (χ1v) is 7.22. The van der Waals surface area contributed by atoms with Gasteiger partial charge in [-0.3, -0.25) is 14.9 Å². The molecular formula is C16H14ClFN2O4. The molecule has 0 aromatic heterocycles. The quantitative estimate of drug-likeness (QED) is 0.658. The van der Waals surface area contributed by atoms with Gasteiger partial charge in [-0.25, -0.2) is 4.39 Å². The molecular weight excluding hydrogens is 339 g/mol. The number of rotatable bonds is 4. The summed E-state index contributed by atoms with van der Waals surface area (Å²) in [5, 5.41) is 14.0.